The van der Waals surface area contributed by atoms with Gasteiger partial charge in [0.25, 0.3) is 5.91 Å². The molecule has 4 nitrogen and oxygen atoms in total. The Labute approximate surface area is 188 Å². The van der Waals surface area contributed by atoms with Crippen LogP contribution in [0.25, 0.3) is 22.0 Å². The van der Waals surface area contributed by atoms with Gasteiger partial charge in [-0.05, 0) is 35.4 Å². The monoisotopic (exact) mass is 447 g/mol. The molecule has 4 rings (SSSR count). The first-order valence-electron chi connectivity index (χ1n) is 10.4. The maximum atomic E-state index is 13.0. The highest BCUT2D eigenvalue weighted by Gasteiger charge is 2.30. The van der Waals surface area contributed by atoms with Crippen molar-refractivity contribution >= 4 is 16.8 Å². The molecule has 0 unspecified atom stereocenters. The maximum Gasteiger partial charge on any atom is 0.416 e. The number of nitrogens with one attached hydrogen (secondary N) is 2. The van der Waals surface area contributed by atoms with Gasteiger partial charge in [0.05, 0.1) is 23.6 Å². The van der Waals surface area contributed by atoms with E-state index < -0.39 is 11.7 Å². The lowest BCUT2D eigenvalue weighted by atomic mass is 10.0. The number of aromatic amines is 1. The highest BCUT2D eigenvalue weighted by molar-refractivity contribution is 5.98. The Kier molecular flexibility index (Phi) is 6.18. The van der Waals surface area contributed by atoms with Gasteiger partial charge in [-0.25, -0.2) is 0 Å². The fraction of sp³-hybridized carbons (Fsp3) is 0.154. The molecule has 0 aliphatic carbocycles. The Morgan fingerprint density at radius 3 is 2.58 bits per heavy atom. The number of hydrogen-bond acceptors (Lipinski definition) is 2. The molecule has 3 aromatic carbocycles. The van der Waals surface area contributed by atoms with E-state index in [0.717, 1.165) is 33.8 Å². The van der Waals surface area contributed by atoms with E-state index >= 15 is 0 Å². The van der Waals surface area contributed by atoms with E-state index in [1.165, 1.54) is 12.1 Å². The Bertz CT molecular complexity index is 1350. The van der Waals surface area contributed by atoms with E-state index in [-0.39, 0.29) is 18.9 Å². The van der Waals surface area contributed by atoms with Crippen molar-refractivity contribution in [3.8, 4) is 17.2 Å². The van der Waals surface area contributed by atoms with Gasteiger partial charge in [-0.2, -0.15) is 18.4 Å². The first kappa shape index (κ1) is 22.2. The second-order valence-electron chi connectivity index (χ2n) is 7.68. The number of H-pyrrole nitrogens is 1. The van der Waals surface area contributed by atoms with Crippen LogP contribution in [0.1, 0.15) is 33.6 Å². The first-order valence-corrected chi connectivity index (χ1v) is 10.4. The number of para-hydroxylation sites is 1. The fourth-order valence-electron chi connectivity index (χ4n) is 3.79. The normalized spacial score (nSPS) is 11.3. The highest BCUT2D eigenvalue weighted by atomic mass is 19.4. The number of carbonyl (C=O) groups excluding carboxylic acids is 1. The number of alkyl halides is 3. The van der Waals surface area contributed by atoms with Crippen molar-refractivity contribution in [3.63, 3.8) is 0 Å². The van der Waals surface area contributed by atoms with Gasteiger partial charge < -0.3 is 10.3 Å². The number of aromatic nitrogens is 1. The van der Waals surface area contributed by atoms with Crippen molar-refractivity contribution in [1.82, 2.24) is 10.3 Å². The van der Waals surface area contributed by atoms with Crippen LogP contribution in [0.15, 0.2) is 72.8 Å². The number of halogens is 3. The number of hydrogen-bond donors (Lipinski definition) is 2. The van der Waals surface area contributed by atoms with Crippen molar-refractivity contribution in [2.45, 2.75) is 19.0 Å². The van der Waals surface area contributed by atoms with Gasteiger partial charge in [-0.1, -0.05) is 48.5 Å². The summed E-state index contributed by atoms with van der Waals surface area (Å²) in [7, 11) is 0. The highest BCUT2D eigenvalue weighted by Crippen LogP contribution is 2.32. The molecule has 0 aliphatic rings. The number of fused-ring (bicyclic) bond motifs is 1. The van der Waals surface area contributed by atoms with E-state index in [0.29, 0.717) is 17.5 Å². The fourth-order valence-corrected chi connectivity index (χ4v) is 3.79. The largest absolute Gasteiger partial charge is 0.416 e. The van der Waals surface area contributed by atoms with E-state index in [9.17, 15) is 18.0 Å². The maximum absolute atomic E-state index is 13.0. The van der Waals surface area contributed by atoms with Crippen molar-refractivity contribution in [3.05, 3.63) is 95.2 Å². The van der Waals surface area contributed by atoms with Crippen LogP contribution in [-0.4, -0.2) is 17.4 Å². The third kappa shape index (κ3) is 5.07. The van der Waals surface area contributed by atoms with Gasteiger partial charge in [0, 0.05) is 35.2 Å². The van der Waals surface area contributed by atoms with Crippen molar-refractivity contribution < 1.29 is 18.0 Å². The minimum atomic E-state index is -4.38. The molecule has 4 aromatic rings. The van der Waals surface area contributed by atoms with Crippen molar-refractivity contribution in [2.75, 3.05) is 6.54 Å². The van der Waals surface area contributed by atoms with E-state index in [1.54, 1.807) is 24.3 Å². The Balaban J connectivity index is 1.63. The molecule has 0 saturated carbocycles. The van der Waals surface area contributed by atoms with Gasteiger partial charge in [0.15, 0.2) is 0 Å². The standard InChI is InChI=1S/C26H20F3N3O/c27-26(28,29)21-9-1-5-17(13-21)14-22-16-19-7-3-10-23(24(19)32-22)18-6-2-8-20(15-18)25(33)31-12-4-11-30/h1-3,5-10,13,15-16,32H,4,12,14H2,(H,31,33). The summed E-state index contributed by atoms with van der Waals surface area (Å²) in [6.07, 6.45) is -3.81. The summed E-state index contributed by atoms with van der Waals surface area (Å²) in [5, 5.41) is 12.3. The Hall–Kier alpha value is -4.05. The average Bonchev–Trinajstić information content (AvgIpc) is 3.21. The molecule has 0 saturated heterocycles. The van der Waals surface area contributed by atoms with Crippen LogP contribution >= 0.6 is 0 Å². The molecule has 2 N–H and O–H groups in total. The minimum Gasteiger partial charge on any atom is -0.358 e. The summed E-state index contributed by atoms with van der Waals surface area (Å²) >= 11 is 0. The average molecular weight is 447 g/mol. The van der Waals surface area contributed by atoms with Gasteiger partial charge in [-0.3, -0.25) is 4.79 Å². The van der Waals surface area contributed by atoms with E-state index in [4.69, 9.17) is 5.26 Å². The molecule has 0 spiro atoms. The third-order valence-electron chi connectivity index (χ3n) is 5.32. The van der Waals surface area contributed by atoms with Gasteiger partial charge in [-0.15, -0.1) is 0 Å². The van der Waals surface area contributed by atoms with Gasteiger partial charge >= 0.3 is 6.18 Å². The molecule has 0 aliphatic heterocycles. The molecule has 1 aromatic heterocycles. The molecular weight excluding hydrogens is 427 g/mol. The van der Waals surface area contributed by atoms with Crippen molar-refractivity contribution in [2.24, 2.45) is 0 Å². The lowest BCUT2D eigenvalue weighted by molar-refractivity contribution is -0.137. The number of amides is 1. The summed E-state index contributed by atoms with van der Waals surface area (Å²) in [4.78, 5) is 15.7. The molecule has 0 fully saturated rings. The molecule has 0 bridgehead atoms. The van der Waals surface area contributed by atoms with E-state index in [2.05, 4.69) is 10.3 Å². The number of benzene rings is 3. The van der Waals surface area contributed by atoms with Crippen LogP contribution < -0.4 is 5.32 Å². The second kappa shape index (κ2) is 9.21. The molecule has 7 heteroatoms. The van der Waals surface area contributed by atoms with E-state index in [1.807, 2.05) is 36.4 Å². The van der Waals surface area contributed by atoms with Gasteiger partial charge in [0.1, 0.15) is 0 Å². The van der Waals surface area contributed by atoms with Crippen LogP contribution in [0.4, 0.5) is 13.2 Å². The second-order valence-corrected chi connectivity index (χ2v) is 7.68. The summed E-state index contributed by atoms with van der Waals surface area (Å²) in [6.45, 7) is 0.282. The van der Waals surface area contributed by atoms with Crippen LogP contribution in [0.2, 0.25) is 0 Å². The zero-order valence-electron chi connectivity index (χ0n) is 17.5. The van der Waals surface area contributed by atoms with Crippen LogP contribution in [0.3, 0.4) is 0 Å². The number of nitriles is 1. The molecule has 1 amide bonds. The predicted molar refractivity (Wildman–Crippen MR) is 121 cm³/mol. The summed E-state index contributed by atoms with van der Waals surface area (Å²) in [5.74, 6) is -0.254. The number of rotatable bonds is 6. The molecule has 33 heavy (non-hydrogen) atoms. The third-order valence-corrected chi connectivity index (χ3v) is 5.32. The molecule has 0 radical (unpaired) electrons. The predicted octanol–water partition coefficient (Wildman–Crippen LogP) is 6.09. The van der Waals surface area contributed by atoms with Crippen LogP contribution in [-0.2, 0) is 12.6 Å². The number of nitrogens with zero attached hydrogens (tertiary/aromatic N) is 1. The SMILES string of the molecule is N#CCCNC(=O)c1cccc(-c2cccc3cc(Cc4cccc(C(F)(F)F)c4)[nH]c23)c1. The smallest absolute Gasteiger partial charge is 0.358 e. The molecule has 0 atom stereocenters. The first-order chi connectivity index (χ1) is 15.8. The van der Waals surface area contributed by atoms with Crippen LogP contribution in [0.5, 0.6) is 0 Å². The van der Waals surface area contributed by atoms with Gasteiger partial charge in [0.2, 0.25) is 0 Å². The lowest BCUT2D eigenvalue weighted by Gasteiger charge is -2.08. The van der Waals surface area contributed by atoms with Crippen molar-refractivity contribution in [1.29, 1.82) is 5.26 Å². The Morgan fingerprint density at radius 1 is 1.00 bits per heavy atom. The summed E-state index contributed by atoms with van der Waals surface area (Å²) < 4.78 is 39.1. The topological polar surface area (TPSA) is 68.7 Å². The number of carbonyl (C=O) groups is 1. The lowest BCUT2D eigenvalue weighted by Crippen LogP contribution is -2.24. The zero-order chi connectivity index (χ0) is 23.4. The quantitative estimate of drug-likeness (QED) is 0.351. The summed E-state index contributed by atoms with van der Waals surface area (Å²) in [6, 6.07) is 22.2. The molecular formula is C26H20F3N3O. The minimum absolute atomic E-state index is 0.238. The zero-order valence-corrected chi connectivity index (χ0v) is 17.5. The van der Waals surface area contributed by atoms with Crippen LogP contribution in [0, 0.1) is 11.3 Å². The molecule has 1 heterocycles. The Morgan fingerprint density at radius 2 is 1.79 bits per heavy atom. The molecule has 166 valence electrons. The summed E-state index contributed by atoms with van der Waals surface area (Å²) in [5.41, 5.74) is 3.74.